The number of aromatic nitrogens is 2. The van der Waals surface area contributed by atoms with E-state index in [1.54, 1.807) is 6.33 Å². The van der Waals surface area contributed by atoms with Gasteiger partial charge in [0.25, 0.3) is 0 Å². The van der Waals surface area contributed by atoms with Gasteiger partial charge in [-0.1, -0.05) is 42.5 Å². The molecule has 21 heavy (non-hydrogen) atoms. The fraction of sp³-hybridized carbons (Fsp3) is 0. The Morgan fingerprint density at radius 1 is 0.810 bits per heavy atom. The van der Waals surface area contributed by atoms with Gasteiger partial charge >= 0.3 is 7.32 Å². The molecule has 1 aromatic heterocycles. The van der Waals surface area contributed by atoms with E-state index in [1.165, 1.54) is 21.5 Å². The molecule has 0 saturated heterocycles. The first-order valence-electron chi connectivity index (χ1n) is 6.44. The molecule has 0 saturated carbocycles. The Morgan fingerprint density at radius 3 is 2.33 bits per heavy atom. The molecule has 0 amide bonds. The maximum Gasteiger partial charge on any atom is 0.631 e. The second kappa shape index (κ2) is 5.53. The number of imidazole rings is 1. The minimum atomic E-state index is -2.17. The van der Waals surface area contributed by atoms with Gasteiger partial charge in [-0.15, -0.1) is 0 Å². The number of benzene rings is 3. The Balaban J connectivity index is 0.000000298. The van der Waals surface area contributed by atoms with E-state index in [2.05, 4.69) is 58.5 Å². The predicted molar refractivity (Wildman–Crippen MR) is 83.5 cm³/mol. The number of nitrogens with zero attached hydrogens (tertiary/aromatic N) is 1. The van der Waals surface area contributed by atoms with Crippen molar-refractivity contribution < 1.29 is 15.1 Å². The minimum absolute atomic E-state index is 1.05. The maximum absolute atomic E-state index is 7.17. The molecule has 4 rings (SSSR count). The molecular formula is C15H13BN2O3. The van der Waals surface area contributed by atoms with Crippen molar-refractivity contribution in [1.29, 1.82) is 0 Å². The number of hydrogen-bond acceptors (Lipinski definition) is 4. The molecule has 3 aromatic carbocycles. The lowest BCUT2D eigenvalue weighted by molar-refractivity contribution is 0.278. The second-order valence-corrected chi connectivity index (χ2v) is 4.59. The Hall–Kier alpha value is -2.41. The molecule has 5 nitrogen and oxygen atoms in total. The summed E-state index contributed by atoms with van der Waals surface area (Å²) in [5.41, 5.74) is 2.14. The molecule has 4 N–H and O–H groups in total. The fourth-order valence-corrected chi connectivity index (χ4v) is 2.49. The molecule has 0 fully saturated rings. The maximum atomic E-state index is 7.17. The Labute approximate surface area is 120 Å². The minimum Gasteiger partial charge on any atom is -0.402 e. The number of rotatable bonds is 0. The van der Waals surface area contributed by atoms with Gasteiger partial charge in [-0.3, -0.25) is 0 Å². The van der Waals surface area contributed by atoms with Gasteiger partial charge in [-0.05, 0) is 22.2 Å². The summed E-state index contributed by atoms with van der Waals surface area (Å²) in [6.07, 6.45) is 1.75. The van der Waals surface area contributed by atoms with Crippen molar-refractivity contribution in [3.63, 3.8) is 0 Å². The van der Waals surface area contributed by atoms with Gasteiger partial charge in [0.15, 0.2) is 0 Å². The van der Waals surface area contributed by atoms with E-state index in [0.717, 1.165) is 11.0 Å². The molecule has 0 bridgehead atoms. The van der Waals surface area contributed by atoms with E-state index in [-0.39, 0.29) is 0 Å². The van der Waals surface area contributed by atoms with Crippen molar-refractivity contribution >= 4 is 39.9 Å². The first-order valence-corrected chi connectivity index (χ1v) is 6.44. The fourth-order valence-electron chi connectivity index (χ4n) is 2.49. The molecule has 0 atom stereocenters. The van der Waals surface area contributed by atoms with E-state index < -0.39 is 7.32 Å². The van der Waals surface area contributed by atoms with Gasteiger partial charge in [0.05, 0.1) is 17.4 Å². The highest BCUT2D eigenvalue weighted by molar-refractivity contribution is 6.30. The SMILES string of the molecule is OB(O)O.c1ccc2c(c1)ccc1c2ccc2[nH]cnc21. The third-order valence-corrected chi connectivity index (χ3v) is 3.31. The number of hydrogen-bond donors (Lipinski definition) is 4. The number of fused-ring (bicyclic) bond motifs is 5. The lowest BCUT2D eigenvalue weighted by Crippen LogP contribution is -2.07. The van der Waals surface area contributed by atoms with Crippen LogP contribution in [-0.4, -0.2) is 32.4 Å². The van der Waals surface area contributed by atoms with Gasteiger partial charge in [0, 0.05) is 5.39 Å². The molecule has 0 spiro atoms. The van der Waals surface area contributed by atoms with Crippen LogP contribution in [0.25, 0.3) is 32.6 Å². The third kappa shape index (κ3) is 2.60. The second-order valence-electron chi connectivity index (χ2n) is 4.59. The Morgan fingerprint density at radius 2 is 1.52 bits per heavy atom. The molecule has 0 unspecified atom stereocenters. The molecule has 0 aliphatic rings. The molecule has 0 aliphatic carbocycles. The first-order chi connectivity index (χ1) is 10.2. The van der Waals surface area contributed by atoms with Crippen LogP contribution in [-0.2, 0) is 0 Å². The van der Waals surface area contributed by atoms with Crippen molar-refractivity contribution in [3.8, 4) is 0 Å². The van der Waals surface area contributed by atoms with Crippen LogP contribution < -0.4 is 0 Å². The molecule has 104 valence electrons. The predicted octanol–water partition coefficient (Wildman–Crippen LogP) is 1.82. The van der Waals surface area contributed by atoms with Gasteiger partial charge in [-0.2, -0.15) is 0 Å². The summed E-state index contributed by atoms with van der Waals surface area (Å²) >= 11 is 0. The van der Waals surface area contributed by atoms with Crippen molar-refractivity contribution in [2.75, 3.05) is 0 Å². The van der Waals surface area contributed by atoms with Gasteiger partial charge < -0.3 is 20.1 Å². The molecule has 6 heteroatoms. The molecule has 0 radical (unpaired) electrons. The summed E-state index contributed by atoms with van der Waals surface area (Å²) < 4.78 is 0. The van der Waals surface area contributed by atoms with Gasteiger partial charge in [0.2, 0.25) is 0 Å². The molecule has 4 aromatic rings. The van der Waals surface area contributed by atoms with E-state index in [9.17, 15) is 0 Å². The first kappa shape index (κ1) is 13.6. The van der Waals surface area contributed by atoms with Crippen LogP contribution in [0.1, 0.15) is 0 Å². The van der Waals surface area contributed by atoms with E-state index in [0.29, 0.717) is 0 Å². The van der Waals surface area contributed by atoms with E-state index >= 15 is 0 Å². The quantitative estimate of drug-likeness (QED) is 0.292. The van der Waals surface area contributed by atoms with Crippen LogP contribution in [0.4, 0.5) is 0 Å². The van der Waals surface area contributed by atoms with Crippen molar-refractivity contribution in [3.05, 3.63) is 54.9 Å². The number of aromatic amines is 1. The standard InChI is InChI=1S/C15H10N2.BH3O3/c1-2-4-11-10(3-1)5-6-13-12(11)7-8-14-15(13)17-9-16-14;2-1(3)4/h1-9H,(H,16,17);2-4H. The number of nitrogens with one attached hydrogen (secondary N) is 1. The number of H-pyrrole nitrogens is 1. The smallest absolute Gasteiger partial charge is 0.402 e. The van der Waals surface area contributed by atoms with Crippen LogP contribution >= 0.6 is 0 Å². The average Bonchev–Trinajstić information content (AvgIpc) is 2.95. The lowest BCUT2D eigenvalue weighted by Gasteiger charge is -2.03. The highest BCUT2D eigenvalue weighted by atomic mass is 16.5. The third-order valence-electron chi connectivity index (χ3n) is 3.31. The van der Waals surface area contributed by atoms with Gasteiger partial charge in [-0.25, -0.2) is 4.98 Å². The summed E-state index contributed by atoms with van der Waals surface area (Å²) in [6.45, 7) is 0. The Bertz CT molecular complexity index is 902. The highest BCUT2D eigenvalue weighted by Gasteiger charge is 2.05. The van der Waals surface area contributed by atoms with Crippen molar-refractivity contribution in [1.82, 2.24) is 9.97 Å². The summed E-state index contributed by atoms with van der Waals surface area (Å²) in [4.78, 5) is 7.55. The van der Waals surface area contributed by atoms with Crippen molar-refractivity contribution in [2.45, 2.75) is 0 Å². The normalized spacial score (nSPS) is 10.6. The van der Waals surface area contributed by atoms with Crippen LogP contribution in [0.3, 0.4) is 0 Å². The van der Waals surface area contributed by atoms with Crippen molar-refractivity contribution in [2.24, 2.45) is 0 Å². The zero-order valence-electron chi connectivity index (χ0n) is 11.1. The summed E-state index contributed by atoms with van der Waals surface area (Å²) in [6, 6.07) is 17.0. The zero-order chi connectivity index (χ0) is 14.8. The van der Waals surface area contributed by atoms with Crippen LogP contribution in [0.2, 0.25) is 0 Å². The monoisotopic (exact) mass is 280 g/mol. The largest absolute Gasteiger partial charge is 0.631 e. The van der Waals surface area contributed by atoms with Crippen LogP contribution in [0.5, 0.6) is 0 Å². The van der Waals surface area contributed by atoms with Crippen LogP contribution in [0, 0.1) is 0 Å². The molecular weight excluding hydrogens is 267 g/mol. The van der Waals surface area contributed by atoms with E-state index in [4.69, 9.17) is 15.1 Å². The van der Waals surface area contributed by atoms with Crippen LogP contribution in [0.15, 0.2) is 54.9 Å². The average molecular weight is 280 g/mol. The summed E-state index contributed by atoms with van der Waals surface area (Å²) in [5.74, 6) is 0. The van der Waals surface area contributed by atoms with E-state index in [1.807, 2.05) is 0 Å². The summed E-state index contributed by atoms with van der Waals surface area (Å²) in [7, 11) is -2.17. The molecule has 0 aliphatic heterocycles. The summed E-state index contributed by atoms with van der Waals surface area (Å²) in [5, 5.41) is 26.5. The highest BCUT2D eigenvalue weighted by Crippen LogP contribution is 2.29. The lowest BCUT2D eigenvalue weighted by atomic mass is 10.0. The zero-order valence-corrected chi connectivity index (χ0v) is 11.1. The molecule has 1 heterocycles. The Kier molecular flexibility index (Phi) is 3.58. The topological polar surface area (TPSA) is 89.4 Å². The van der Waals surface area contributed by atoms with Gasteiger partial charge in [0.1, 0.15) is 0 Å².